The van der Waals surface area contributed by atoms with E-state index in [1.165, 1.54) is 21.8 Å². The SMILES string of the molecule is C=[S+]c1ccc(CC)cc1.COS(=O)(=O)[O-]. The molecule has 0 radical (unpaired) electrons. The topological polar surface area (TPSA) is 66.4 Å². The summed E-state index contributed by atoms with van der Waals surface area (Å²) in [4.78, 5) is 1.23. The molecule has 0 bridgehead atoms. The predicted molar refractivity (Wildman–Crippen MR) is 65.3 cm³/mol. The average molecular weight is 262 g/mol. The van der Waals surface area contributed by atoms with E-state index in [9.17, 15) is 13.0 Å². The zero-order valence-electron chi connectivity index (χ0n) is 9.17. The number of hydrogen-bond donors (Lipinski definition) is 0. The van der Waals surface area contributed by atoms with E-state index in [4.69, 9.17) is 0 Å². The molecule has 0 heterocycles. The van der Waals surface area contributed by atoms with Gasteiger partial charge >= 0.3 is 0 Å². The fraction of sp³-hybridized carbons (Fsp3) is 0.300. The normalized spacial score (nSPS) is 10.2. The molecule has 1 aromatic carbocycles. The van der Waals surface area contributed by atoms with E-state index in [0.717, 1.165) is 13.5 Å². The molecule has 0 aliphatic carbocycles. The maximum atomic E-state index is 9.22. The van der Waals surface area contributed by atoms with Crippen molar-refractivity contribution in [2.45, 2.75) is 18.2 Å². The van der Waals surface area contributed by atoms with Gasteiger partial charge in [-0.2, -0.15) is 0 Å². The van der Waals surface area contributed by atoms with Gasteiger partial charge in [-0.05, 0) is 12.0 Å². The van der Waals surface area contributed by atoms with Gasteiger partial charge in [0.1, 0.15) is 0 Å². The van der Waals surface area contributed by atoms with Gasteiger partial charge < -0.3 is 4.55 Å². The van der Waals surface area contributed by atoms with Gasteiger partial charge in [-0.15, -0.1) is 0 Å². The van der Waals surface area contributed by atoms with Crippen LogP contribution in [0.25, 0.3) is 0 Å². The van der Waals surface area contributed by atoms with Crippen molar-refractivity contribution in [2.75, 3.05) is 7.11 Å². The smallest absolute Gasteiger partial charge is 0.230 e. The summed E-state index contributed by atoms with van der Waals surface area (Å²) in [5.74, 6) is 3.73. The summed E-state index contributed by atoms with van der Waals surface area (Å²) in [6, 6.07) is 8.51. The Morgan fingerprint density at radius 1 is 1.38 bits per heavy atom. The lowest BCUT2D eigenvalue weighted by atomic mass is 10.2. The lowest BCUT2D eigenvalue weighted by Crippen LogP contribution is -1.97. The lowest BCUT2D eigenvalue weighted by molar-refractivity contribution is 0.314. The molecule has 0 saturated heterocycles. The monoisotopic (exact) mass is 262 g/mol. The molecule has 4 nitrogen and oxygen atoms in total. The molecule has 6 heteroatoms. The summed E-state index contributed by atoms with van der Waals surface area (Å²) in [6.07, 6.45) is 1.11. The second-order valence-electron chi connectivity index (χ2n) is 2.72. The third kappa shape index (κ3) is 7.47. The molecule has 0 aliphatic heterocycles. The van der Waals surface area contributed by atoms with Crippen LogP contribution in [-0.2, 0) is 32.4 Å². The van der Waals surface area contributed by atoms with E-state index in [2.05, 4.69) is 41.2 Å². The Balaban J connectivity index is 0.000000325. The number of aryl methyl sites for hydroxylation is 1. The average Bonchev–Trinajstić information content (AvgIpc) is 2.29. The zero-order chi connectivity index (χ0) is 12.6. The van der Waals surface area contributed by atoms with Gasteiger partial charge in [-0.1, -0.05) is 19.1 Å². The van der Waals surface area contributed by atoms with Gasteiger partial charge in [-0.3, -0.25) is 4.18 Å². The minimum atomic E-state index is -4.41. The maximum Gasteiger partial charge on any atom is 0.230 e. The third-order valence-electron chi connectivity index (χ3n) is 1.70. The molecule has 0 atom stereocenters. The van der Waals surface area contributed by atoms with E-state index >= 15 is 0 Å². The van der Waals surface area contributed by atoms with Crippen LogP contribution in [0.4, 0.5) is 0 Å². The fourth-order valence-corrected chi connectivity index (χ4v) is 1.15. The van der Waals surface area contributed by atoms with Gasteiger partial charge in [0.2, 0.25) is 26.6 Å². The first kappa shape index (κ1) is 15.2. The van der Waals surface area contributed by atoms with Gasteiger partial charge in [-0.25, -0.2) is 8.42 Å². The first-order chi connectivity index (χ1) is 7.42. The first-order valence-corrected chi connectivity index (χ1v) is 6.77. The molecule has 0 unspecified atom stereocenters. The van der Waals surface area contributed by atoms with Crippen molar-refractivity contribution in [1.82, 2.24) is 0 Å². The number of hydrogen-bond acceptors (Lipinski definition) is 4. The van der Waals surface area contributed by atoms with E-state index in [0.29, 0.717) is 0 Å². The van der Waals surface area contributed by atoms with Crippen molar-refractivity contribution < 1.29 is 17.2 Å². The Labute approximate surface area is 100 Å². The summed E-state index contributed by atoms with van der Waals surface area (Å²) < 4.78 is 31.0. The molecule has 0 aromatic heterocycles. The largest absolute Gasteiger partial charge is 0.726 e. The number of rotatable bonds is 3. The standard InChI is InChI=1S/C9H11S.CH4O4S/c1-3-8-4-6-9(10-2)7-5-8;1-5-6(2,3)4/h4-7H,2-3H2,1H3;1H3,(H,2,3,4)/q+1;/p-1. The third-order valence-corrected chi connectivity index (χ3v) is 2.72. The molecule has 0 amide bonds. The Morgan fingerprint density at radius 2 is 1.81 bits per heavy atom. The molecule has 0 N–H and O–H groups in total. The zero-order valence-corrected chi connectivity index (χ0v) is 10.8. The second-order valence-corrected chi connectivity index (χ2v) is 4.63. The van der Waals surface area contributed by atoms with Gasteiger partial charge in [0.15, 0.2) is 5.87 Å². The van der Waals surface area contributed by atoms with E-state index in [-0.39, 0.29) is 0 Å². The minimum absolute atomic E-state index is 0.808. The van der Waals surface area contributed by atoms with Crippen LogP contribution in [0.1, 0.15) is 12.5 Å². The summed E-state index contributed by atoms with van der Waals surface area (Å²) in [5.41, 5.74) is 1.39. The predicted octanol–water partition coefficient (Wildman–Crippen LogP) is 1.22. The highest BCUT2D eigenvalue weighted by Gasteiger charge is 1.96. The summed E-state index contributed by atoms with van der Waals surface area (Å²) in [5, 5.41) is 0. The van der Waals surface area contributed by atoms with Crippen molar-refractivity contribution in [1.29, 1.82) is 0 Å². The quantitative estimate of drug-likeness (QED) is 0.355. The van der Waals surface area contributed by atoms with Crippen molar-refractivity contribution in [3.05, 3.63) is 29.8 Å². The van der Waals surface area contributed by atoms with Crippen LogP contribution in [0.3, 0.4) is 0 Å². The molecule has 0 fully saturated rings. The molecular formula is C10H14O4S2. The highest BCUT2D eigenvalue weighted by molar-refractivity contribution is 7.80. The van der Waals surface area contributed by atoms with Crippen molar-refractivity contribution in [2.24, 2.45) is 0 Å². The number of benzene rings is 1. The highest BCUT2D eigenvalue weighted by Crippen LogP contribution is 2.03. The van der Waals surface area contributed by atoms with Crippen LogP contribution in [0.15, 0.2) is 29.2 Å². The van der Waals surface area contributed by atoms with Gasteiger partial charge in [0, 0.05) is 12.1 Å². The second kappa shape index (κ2) is 7.45. The van der Waals surface area contributed by atoms with Crippen LogP contribution in [0.5, 0.6) is 0 Å². The van der Waals surface area contributed by atoms with Crippen molar-refractivity contribution >= 4 is 27.6 Å². The Bertz CT molecular complexity index is 409. The van der Waals surface area contributed by atoms with Crippen LogP contribution in [-0.4, -0.2) is 26.0 Å². The Kier molecular flexibility index (Phi) is 7.07. The van der Waals surface area contributed by atoms with Crippen molar-refractivity contribution in [3.63, 3.8) is 0 Å². The molecule has 90 valence electrons. The molecule has 0 aliphatic rings. The summed E-state index contributed by atoms with van der Waals surface area (Å²) in [7, 11) is -3.60. The first-order valence-electron chi connectivity index (χ1n) is 4.45. The van der Waals surface area contributed by atoms with Gasteiger partial charge in [0.05, 0.1) is 7.11 Å². The molecule has 0 spiro atoms. The lowest BCUT2D eigenvalue weighted by Gasteiger charge is -1.98. The van der Waals surface area contributed by atoms with Crippen LogP contribution < -0.4 is 0 Å². The van der Waals surface area contributed by atoms with E-state index in [1.807, 2.05) is 0 Å². The van der Waals surface area contributed by atoms with Gasteiger partial charge in [0.25, 0.3) is 0 Å². The van der Waals surface area contributed by atoms with Crippen LogP contribution in [0, 0.1) is 0 Å². The fourth-order valence-electron chi connectivity index (χ4n) is 0.821. The molecule has 16 heavy (non-hydrogen) atoms. The molecule has 0 saturated carbocycles. The summed E-state index contributed by atoms with van der Waals surface area (Å²) in [6.45, 7) is 2.16. The highest BCUT2D eigenvalue weighted by atomic mass is 32.3. The Hall–Kier alpha value is -0.820. The molecule has 1 rings (SSSR count). The van der Waals surface area contributed by atoms with E-state index < -0.39 is 10.4 Å². The molecule has 1 aromatic rings. The maximum absolute atomic E-state index is 9.22. The van der Waals surface area contributed by atoms with Crippen molar-refractivity contribution in [3.8, 4) is 0 Å². The van der Waals surface area contributed by atoms with Crippen LogP contribution >= 0.6 is 0 Å². The van der Waals surface area contributed by atoms with Crippen LogP contribution in [0.2, 0.25) is 0 Å². The Morgan fingerprint density at radius 3 is 2.06 bits per heavy atom. The minimum Gasteiger partial charge on any atom is -0.726 e. The molecular weight excluding hydrogens is 248 g/mol. The van der Waals surface area contributed by atoms with E-state index in [1.54, 1.807) is 0 Å². The summed E-state index contributed by atoms with van der Waals surface area (Å²) >= 11 is 1.54.